The summed E-state index contributed by atoms with van der Waals surface area (Å²) in [4.78, 5) is 28.3. The lowest BCUT2D eigenvalue weighted by Gasteiger charge is -2.12. The second kappa shape index (κ2) is 8.39. The number of carbonyl (C=O) groups is 1. The number of methoxy groups -OCH3 is 1. The highest BCUT2D eigenvalue weighted by Gasteiger charge is 2.26. The molecule has 1 aliphatic carbocycles. The maximum Gasteiger partial charge on any atom is 0.341 e. The van der Waals surface area contributed by atoms with E-state index in [0.717, 1.165) is 42.2 Å². The highest BCUT2D eigenvalue weighted by molar-refractivity contribution is 7.16. The Morgan fingerprint density at radius 2 is 2.11 bits per heavy atom. The molecule has 0 N–H and O–H groups in total. The average Bonchev–Trinajstić information content (AvgIpc) is 3.05. The number of nitro groups is 1. The number of ether oxygens (including phenoxy) is 2. The zero-order chi connectivity index (χ0) is 20.3. The zero-order valence-corrected chi connectivity index (χ0v) is 16.3. The Morgan fingerprint density at radius 1 is 1.36 bits per heavy atom. The quantitative estimate of drug-likeness (QED) is 0.315. The number of carbonyl (C=O) groups excluding carboxylic acids is 1. The van der Waals surface area contributed by atoms with Gasteiger partial charge in [-0.25, -0.2) is 9.79 Å². The lowest BCUT2D eigenvalue weighted by atomic mass is 9.95. The molecule has 0 bridgehead atoms. The number of aliphatic imine (C=N–C) groups is 1. The van der Waals surface area contributed by atoms with Crippen molar-refractivity contribution >= 4 is 34.2 Å². The van der Waals surface area contributed by atoms with Crippen molar-refractivity contribution in [2.75, 3.05) is 13.7 Å². The van der Waals surface area contributed by atoms with E-state index in [9.17, 15) is 20.0 Å². The molecule has 0 atom stereocenters. The number of fused-ring (bicyclic) bond motifs is 1. The van der Waals surface area contributed by atoms with Crippen molar-refractivity contribution in [3.05, 3.63) is 43.8 Å². The molecule has 1 aromatic heterocycles. The first-order chi connectivity index (χ1) is 13.5. The Morgan fingerprint density at radius 3 is 2.79 bits per heavy atom. The molecule has 0 aliphatic heterocycles. The Kier molecular flexibility index (Phi) is 5.93. The van der Waals surface area contributed by atoms with Crippen LogP contribution in [0.2, 0.25) is 0 Å². The van der Waals surface area contributed by atoms with Crippen molar-refractivity contribution in [2.45, 2.75) is 32.6 Å². The number of aryl methyl sites for hydroxylation is 1. The molecule has 9 heteroatoms. The fourth-order valence-corrected chi connectivity index (χ4v) is 4.36. The van der Waals surface area contributed by atoms with Crippen LogP contribution in [-0.2, 0) is 17.6 Å². The summed E-state index contributed by atoms with van der Waals surface area (Å²) in [6.45, 7) is 1.98. The molecule has 28 heavy (non-hydrogen) atoms. The summed E-state index contributed by atoms with van der Waals surface area (Å²) in [6, 6.07) is 2.46. The van der Waals surface area contributed by atoms with Crippen molar-refractivity contribution in [1.82, 2.24) is 0 Å². The van der Waals surface area contributed by atoms with Crippen LogP contribution in [0.1, 0.15) is 46.1 Å². The van der Waals surface area contributed by atoms with E-state index in [0.29, 0.717) is 10.6 Å². The molecule has 8 nitrogen and oxygen atoms in total. The number of nitrogens with zero attached hydrogens (tertiary/aromatic N) is 2. The van der Waals surface area contributed by atoms with Gasteiger partial charge in [0.25, 0.3) is 5.69 Å². The Bertz CT molecular complexity index is 950. The molecular weight excluding hydrogens is 384 g/mol. The third kappa shape index (κ3) is 3.84. The van der Waals surface area contributed by atoms with Gasteiger partial charge in [-0.2, -0.15) is 0 Å². The van der Waals surface area contributed by atoms with Crippen molar-refractivity contribution in [2.24, 2.45) is 4.99 Å². The van der Waals surface area contributed by atoms with Gasteiger partial charge >= 0.3 is 5.97 Å². The maximum atomic E-state index is 12.5. The first-order valence-corrected chi connectivity index (χ1v) is 9.67. The third-order valence-electron chi connectivity index (χ3n) is 4.46. The van der Waals surface area contributed by atoms with Gasteiger partial charge in [0.15, 0.2) is 0 Å². The number of rotatable bonds is 6. The zero-order valence-electron chi connectivity index (χ0n) is 15.5. The van der Waals surface area contributed by atoms with Crippen LogP contribution < -0.4 is 9.84 Å². The summed E-state index contributed by atoms with van der Waals surface area (Å²) in [6.07, 6.45) is 4.95. The first kappa shape index (κ1) is 19.8. The average molecular weight is 403 g/mol. The van der Waals surface area contributed by atoms with Gasteiger partial charge in [0.1, 0.15) is 10.8 Å². The second-order valence-electron chi connectivity index (χ2n) is 6.19. The monoisotopic (exact) mass is 403 g/mol. The summed E-state index contributed by atoms with van der Waals surface area (Å²) in [5.74, 6) is -1.01. The number of hydrogen-bond donors (Lipinski definition) is 0. The second-order valence-corrected chi connectivity index (χ2v) is 7.28. The van der Waals surface area contributed by atoms with E-state index in [4.69, 9.17) is 9.47 Å². The van der Waals surface area contributed by atoms with Gasteiger partial charge in [0.05, 0.1) is 30.3 Å². The predicted molar refractivity (Wildman–Crippen MR) is 103 cm³/mol. The van der Waals surface area contributed by atoms with E-state index >= 15 is 0 Å². The summed E-state index contributed by atoms with van der Waals surface area (Å²) in [7, 11) is 1.36. The number of hydrogen-bond acceptors (Lipinski definition) is 8. The minimum absolute atomic E-state index is 0.0206. The van der Waals surface area contributed by atoms with Gasteiger partial charge in [-0.3, -0.25) is 10.1 Å². The van der Waals surface area contributed by atoms with E-state index in [1.807, 2.05) is 0 Å². The molecule has 148 valence electrons. The summed E-state index contributed by atoms with van der Waals surface area (Å²) >= 11 is 1.40. The molecule has 0 saturated heterocycles. The van der Waals surface area contributed by atoms with Crippen LogP contribution in [0.15, 0.2) is 17.1 Å². The van der Waals surface area contributed by atoms with Crippen LogP contribution >= 0.6 is 11.3 Å². The van der Waals surface area contributed by atoms with E-state index in [1.165, 1.54) is 30.7 Å². The van der Waals surface area contributed by atoms with Crippen molar-refractivity contribution < 1.29 is 24.3 Å². The molecule has 0 spiro atoms. The molecule has 0 saturated carbocycles. The number of thiophene rings is 1. The lowest BCUT2D eigenvalue weighted by molar-refractivity contribution is -0.398. The van der Waals surface area contributed by atoms with Gasteiger partial charge in [0, 0.05) is 11.1 Å². The fourth-order valence-electron chi connectivity index (χ4n) is 3.14. The Hall–Kier alpha value is -2.94. The smallest absolute Gasteiger partial charge is 0.341 e. The molecular formula is C19H19N2O6S-. The fraction of sp³-hybridized carbons (Fsp3) is 0.368. The Balaban J connectivity index is 2.05. The number of nitro benzene ring substituents is 1. The molecule has 1 aromatic carbocycles. The molecule has 2 aromatic rings. The minimum Gasteiger partial charge on any atom is -0.867 e. The molecule has 0 unspecified atom stereocenters. The largest absolute Gasteiger partial charge is 0.867 e. The summed E-state index contributed by atoms with van der Waals surface area (Å²) in [5.41, 5.74) is 0.826. The van der Waals surface area contributed by atoms with Crippen LogP contribution in [0.3, 0.4) is 0 Å². The van der Waals surface area contributed by atoms with Crippen molar-refractivity contribution in [1.29, 1.82) is 0 Å². The van der Waals surface area contributed by atoms with Gasteiger partial charge in [-0.1, -0.05) is 0 Å². The molecule has 0 radical (unpaired) electrons. The summed E-state index contributed by atoms with van der Waals surface area (Å²) in [5, 5.41) is 23.9. The highest BCUT2D eigenvalue weighted by Crippen LogP contribution is 2.40. The lowest BCUT2D eigenvalue weighted by Crippen LogP contribution is -2.09. The third-order valence-corrected chi connectivity index (χ3v) is 5.66. The minimum atomic E-state index is -0.756. The van der Waals surface area contributed by atoms with Gasteiger partial charge < -0.3 is 14.6 Å². The van der Waals surface area contributed by atoms with Gasteiger partial charge in [-0.05, 0) is 55.5 Å². The van der Waals surface area contributed by atoms with Gasteiger partial charge in [0.2, 0.25) is 0 Å². The number of benzene rings is 1. The topological polar surface area (TPSA) is 114 Å². The highest BCUT2D eigenvalue weighted by atomic mass is 32.1. The SMILES string of the molecule is CCOC(=O)c1c(N=Cc2cc(OC)cc([N+](=O)[O-])c2[O-])sc2c1CCCC2. The molecule has 0 fully saturated rings. The normalized spacial score (nSPS) is 13.4. The van der Waals surface area contributed by atoms with Crippen molar-refractivity contribution in [3.63, 3.8) is 0 Å². The van der Waals surface area contributed by atoms with E-state index in [-0.39, 0.29) is 17.9 Å². The first-order valence-electron chi connectivity index (χ1n) is 8.85. The van der Waals surface area contributed by atoms with Crippen LogP contribution in [0.4, 0.5) is 10.7 Å². The van der Waals surface area contributed by atoms with Crippen LogP contribution in [0, 0.1) is 10.1 Å². The maximum absolute atomic E-state index is 12.5. The van der Waals surface area contributed by atoms with Crippen LogP contribution in [0.5, 0.6) is 11.5 Å². The standard InChI is InChI=1S/C19H20N2O6S/c1-3-27-19(23)16-13-6-4-5-7-15(13)28-18(16)20-10-11-8-12(26-2)9-14(17(11)22)21(24)25/h8-10,22H,3-7H2,1-2H3/p-1. The van der Waals surface area contributed by atoms with E-state index in [2.05, 4.69) is 4.99 Å². The molecule has 0 amide bonds. The summed E-state index contributed by atoms with van der Waals surface area (Å²) < 4.78 is 10.2. The molecule has 1 aliphatic rings. The van der Waals surface area contributed by atoms with Crippen molar-refractivity contribution in [3.8, 4) is 11.5 Å². The van der Waals surface area contributed by atoms with E-state index < -0.39 is 22.3 Å². The molecule has 3 rings (SSSR count). The van der Waals surface area contributed by atoms with Crippen LogP contribution in [0.25, 0.3) is 0 Å². The number of esters is 1. The van der Waals surface area contributed by atoms with Crippen LogP contribution in [-0.4, -0.2) is 30.8 Å². The predicted octanol–water partition coefficient (Wildman–Crippen LogP) is 3.54. The van der Waals surface area contributed by atoms with E-state index in [1.54, 1.807) is 6.92 Å². The Labute approximate surface area is 165 Å². The molecule has 1 heterocycles. The van der Waals surface area contributed by atoms with Gasteiger partial charge in [-0.15, -0.1) is 11.3 Å².